The van der Waals surface area contributed by atoms with Crippen molar-refractivity contribution in [2.45, 2.75) is 18.8 Å². The third-order valence-corrected chi connectivity index (χ3v) is 3.75. The number of aromatic nitrogens is 2. The lowest BCUT2D eigenvalue weighted by molar-refractivity contribution is 0.754. The molecule has 0 aromatic carbocycles. The second-order valence-corrected chi connectivity index (χ2v) is 6.45. The van der Waals surface area contributed by atoms with Crippen LogP contribution in [0.5, 0.6) is 0 Å². The first kappa shape index (κ1) is 9.00. The van der Waals surface area contributed by atoms with Gasteiger partial charge in [-0.2, -0.15) is 0 Å². The van der Waals surface area contributed by atoms with Gasteiger partial charge in [-0.3, -0.25) is 10.9 Å². The topological polar surface area (TPSA) is 25.8 Å². The van der Waals surface area contributed by atoms with Crippen LogP contribution in [-0.4, -0.2) is 28.2 Å². The molecule has 2 nitrogen and oxygen atoms in total. The predicted octanol–water partition coefficient (Wildman–Crippen LogP) is 1.77. The third-order valence-electron chi connectivity index (χ3n) is 2.58. The van der Waals surface area contributed by atoms with E-state index in [1.807, 2.05) is 6.20 Å². The van der Waals surface area contributed by atoms with Crippen LogP contribution in [-0.2, 0) is 6.42 Å². The molecule has 0 radical (unpaired) electrons. The zero-order valence-corrected chi connectivity index (χ0v) is 9.09. The van der Waals surface area contributed by atoms with E-state index >= 15 is 0 Å². The van der Waals surface area contributed by atoms with Gasteiger partial charge < -0.3 is 0 Å². The average molecular weight is 196 g/mol. The lowest BCUT2D eigenvalue weighted by atomic mass is 10.1. The van der Waals surface area contributed by atoms with E-state index in [2.05, 4.69) is 22.5 Å². The van der Waals surface area contributed by atoms with Crippen LogP contribution in [0.3, 0.4) is 0 Å². The first-order valence-electron chi connectivity index (χ1n) is 4.71. The molecule has 0 N–H and O–H groups in total. The first-order valence-corrected chi connectivity index (χ1v) is 7.13. The number of aryl methyl sites for hydroxylation is 1. The van der Waals surface area contributed by atoms with Crippen LogP contribution in [0.1, 0.15) is 23.6 Å². The van der Waals surface area contributed by atoms with Crippen LogP contribution in [0.25, 0.3) is 0 Å². The van der Waals surface area contributed by atoms with E-state index in [1.165, 1.54) is 23.4 Å². The van der Waals surface area contributed by atoms with Gasteiger partial charge in [-0.05, 0) is 42.6 Å². The Hall–Kier alpha value is -0.570. The molecule has 1 aromatic rings. The molecule has 3 heteroatoms. The quantitative estimate of drug-likeness (QED) is 0.729. The van der Waals surface area contributed by atoms with E-state index in [9.17, 15) is 0 Å². The lowest BCUT2D eigenvalue weighted by Gasteiger charge is -2.15. The minimum atomic E-state index is 0.208. The zero-order valence-electron chi connectivity index (χ0n) is 8.20. The predicted molar refractivity (Wildman–Crippen MR) is 58.8 cm³/mol. The molecule has 2 rings (SSSR count). The Kier molecular flexibility index (Phi) is 2.54. The number of thiol groups is 1. The highest BCUT2D eigenvalue weighted by Crippen LogP contribution is 2.35. The number of hydrogen-bond acceptors (Lipinski definition) is 2. The Balaban J connectivity index is 2.18. The van der Waals surface area contributed by atoms with Crippen LogP contribution in [0.2, 0.25) is 0 Å². The normalized spacial score (nSPS) is 21.4. The average Bonchev–Trinajstić information content (AvgIpc) is 2.48. The van der Waals surface area contributed by atoms with E-state index in [4.69, 9.17) is 0 Å². The fraction of sp³-hybridized carbons (Fsp3) is 0.600. The highest BCUT2D eigenvalue weighted by atomic mass is 32.2. The van der Waals surface area contributed by atoms with Gasteiger partial charge in [0.05, 0.1) is 0 Å². The van der Waals surface area contributed by atoms with Gasteiger partial charge in [0.2, 0.25) is 0 Å². The molecule has 1 aliphatic carbocycles. The lowest BCUT2D eigenvalue weighted by Crippen LogP contribution is -2.00. The molecule has 0 spiro atoms. The van der Waals surface area contributed by atoms with Crippen molar-refractivity contribution in [1.82, 2.24) is 9.97 Å². The van der Waals surface area contributed by atoms with E-state index in [1.54, 1.807) is 6.33 Å². The van der Waals surface area contributed by atoms with Crippen LogP contribution in [0.15, 0.2) is 12.5 Å². The minimum Gasteiger partial charge on any atom is -0.259 e. The molecule has 1 aliphatic rings. The Morgan fingerprint density at radius 2 is 2.38 bits per heavy atom. The molecule has 0 amide bonds. The molecule has 1 heterocycles. The van der Waals surface area contributed by atoms with Gasteiger partial charge in [0.1, 0.15) is 6.33 Å². The van der Waals surface area contributed by atoms with Gasteiger partial charge in [0.15, 0.2) is 0 Å². The van der Waals surface area contributed by atoms with E-state index in [0.717, 1.165) is 12.3 Å². The smallest absolute Gasteiger partial charge is 0.115 e. The van der Waals surface area contributed by atoms with Gasteiger partial charge in [0.25, 0.3) is 0 Å². The molecular weight excluding hydrogens is 180 g/mol. The van der Waals surface area contributed by atoms with Crippen molar-refractivity contribution in [2.24, 2.45) is 0 Å². The number of hydrogen-bond donors (Lipinski definition) is 1. The fourth-order valence-corrected chi connectivity index (χ4v) is 3.27. The maximum atomic E-state index is 4.31. The van der Waals surface area contributed by atoms with Crippen LogP contribution >= 0.6 is 10.9 Å². The van der Waals surface area contributed by atoms with Crippen LogP contribution in [0, 0.1) is 0 Å². The highest BCUT2D eigenvalue weighted by molar-refractivity contribution is 8.15. The summed E-state index contributed by atoms with van der Waals surface area (Å²) >= 11 is 0. The zero-order chi connectivity index (χ0) is 9.26. The summed E-state index contributed by atoms with van der Waals surface area (Å²) in [5.74, 6) is 2.09. The summed E-state index contributed by atoms with van der Waals surface area (Å²) < 4.78 is 0. The van der Waals surface area contributed by atoms with Crippen molar-refractivity contribution >= 4 is 10.9 Å². The van der Waals surface area contributed by atoms with Crippen molar-refractivity contribution in [2.75, 3.05) is 18.3 Å². The summed E-state index contributed by atoms with van der Waals surface area (Å²) in [7, 11) is 0.208. The van der Waals surface area contributed by atoms with Crippen molar-refractivity contribution < 1.29 is 0 Å². The van der Waals surface area contributed by atoms with Gasteiger partial charge in [-0.25, -0.2) is 9.97 Å². The fourth-order valence-electron chi connectivity index (χ4n) is 2.01. The maximum absolute atomic E-state index is 4.31. The monoisotopic (exact) mass is 196 g/mol. The Morgan fingerprint density at radius 1 is 1.54 bits per heavy atom. The number of fused-ring (bicyclic) bond motifs is 1. The van der Waals surface area contributed by atoms with Crippen molar-refractivity contribution in [1.29, 1.82) is 0 Å². The van der Waals surface area contributed by atoms with Gasteiger partial charge in [-0.1, -0.05) is 0 Å². The molecular formula is C10H16N2S. The van der Waals surface area contributed by atoms with E-state index in [-0.39, 0.29) is 10.9 Å². The van der Waals surface area contributed by atoms with Crippen molar-refractivity contribution in [3.63, 3.8) is 0 Å². The van der Waals surface area contributed by atoms with Crippen LogP contribution in [0.4, 0.5) is 0 Å². The van der Waals surface area contributed by atoms with Crippen LogP contribution < -0.4 is 0 Å². The first-order chi connectivity index (χ1) is 6.27. The summed E-state index contributed by atoms with van der Waals surface area (Å²) in [6.07, 6.45) is 10.8. The molecule has 0 saturated heterocycles. The molecule has 72 valence electrons. The maximum Gasteiger partial charge on any atom is 0.115 e. The summed E-state index contributed by atoms with van der Waals surface area (Å²) in [4.78, 5) is 8.42. The standard InChI is InChI=1S/C10H16N2S/c1-13(2)6-8-3-4-10-9(8)5-11-7-12-10/h5,7-8,13H,3-4,6H2,1-2H3. The summed E-state index contributed by atoms with van der Waals surface area (Å²) in [6.45, 7) is 0. The van der Waals surface area contributed by atoms with Crippen molar-refractivity contribution in [3.05, 3.63) is 23.8 Å². The molecule has 0 saturated carbocycles. The SMILES string of the molecule is C[SH](C)CC1CCc2ncncc21. The van der Waals surface area contributed by atoms with Gasteiger partial charge in [0, 0.05) is 11.9 Å². The summed E-state index contributed by atoms with van der Waals surface area (Å²) in [5.41, 5.74) is 2.70. The van der Waals surface area contributed by atoms with E-state index in [0.29, 0.717) is 0 Å². The Labute approximate surface area is 82.1 Å². The molecule has 13 heavy (non-hydrogen) atoms. The summed E-state index contributed by atoms with van der Waals surface area (Å²) in [5, 5.41) is 0. The molecule has 0 aliphatic heterocycles. The largest absolute Gasteiger partial charge is 0.259 e. The van der Waals surface area contributed by atoms with Gasteiger partial charge in [-0.15, -0.1) is 0 Å². The number of rotatable bonds is 2. The minimum absolute atomic E-state index is 0.208. The molecule has 0 bridgehead atoms. The van der Waals surface area contributed by atoms with Crippen molar-refractivity contribution in [3.8, 4) is 0 Å². The van der Waals surface area contributed by atoms with E-state index < -0.39 is 0 Å². The molecule has 1 atom stereocenters. The molecule has 0 fully saturated rings. The highest BCUT2D eigenvalue weighted by Gasteiger charge is 2.23. The Morgan fingerprint density at radius 3 is 3.15 bits per heavy atom. The number of nitrogens with zero attached hydrogens (tertiary/aromatic N) is 2. The second-order valence-electron chi connectivity index (χ2n) is 3.92. The summed E-state index contributed by atoms with van der Waals surface area (Å²) in [6, 6.07) is 0. The molecule has 1 aromatic heterocycles. The van der Waals surface area contributed by atoms with Gasteiger partial charge >= 0.3 is 0 Å². The third kappa shape index (κ3) is 1.85. The second kappa shape index (κ2) is 3.66. The molecule has 1 unspecified atom stereocenters. The Bertz CT molecular complexity index is 299.